The van der Waals surface area contributed by atoms with Gasteiger partial charge in [-0.1, -0.05) is 29.8 Å². The van der Waals surface area contributed by atoms with E-state index in [1.165, 1.54) is 4.90 Å². The maximum atomic E-state index is 12.3. The van der Waals surface area contributed by atoms with Gasteiger partial charge in [0.05, 0.1) is 19.3 Å². The lowest BCUT2D eigenvalue weighted by molar-refractivity contribution is -0.147. The average Bonchev–Trinajstić information content (AvgIpc) is 2.47. The number of carboxylic acid groups (broad SMARTS) is 1. The highest BCUT2D eigenvalue weighted by molar-refractivity contribution is 5.83. The first-order valence-electron chi connectivity index (χ1n) is 6.93. The third-order valence-corrected chi connectivity index (χ3v) is 3.59. The van der Waals surface area contributed by atoms with Gasteiger partial charge in [-0.25, -0.2) is 9.59 Å². The number of urea groups is 1. The molecule has 114 valence electrons. The minimum atomic E-state index is -1.05. The van der Waals surface area contributed by atoms with Crippen LogP contribution in [0, 0.1) is 6.92 Å². The number of carboxylic acids is 1. The van der Waals surface area contributed by atoms with Gasteiger partial charge in [0.25, 0.3) is 0 Å². The summed E-state index contributed by atoms with van der Waals surface area (Å²) >= 11 is 0. The molecular weight excluding hydrogens is 272 g/mol. The van der Waals surface area contributed by atoms with Crippen LogP contribution < -0.4 is 5.32 Å². The Hall–Kier alpha value is -2.08. The fraction of sp³-hybridized carbons (Fsp3) is 0.467. The quantitative estimate of drug-likeness (QED) is 0.886. The van der Waals surface area contributed by atoms with Crippen LogP contribution in [0.25, 0.3) is 0 Å². The number of carbonyl (C=O) groups is 2. The number of aryl methyl sites for hydroxylation is 1. The van der Waals surface area contributed by atoms with Crippen molar-refractivity contribution in [3.63, 3.8) is 0 Å². The average molecular weight is 292 g/mol. The summed E-state index contributed by atoms with van der Waals surface area (Å²) in [5.41, 5.74) is 2.13. The number of rotatable bonds is 3. The number of benzene rings is 1. The maximum absolute atomic E-state index is 12.3. The van der Waals surface area contributed by atoms with Crippen molar-refractivity contribution >= 4 is 12.0 Å². The Morgan fingerprint density at radius 1 is 1.38 bits per heavy atom. The van der Waals surface area contributed by atoms with Crippen LogP contribution in [0.4, 0.5) is 4.79 Å². The first-order chi connectivity index (χ1) is 9.99. The van der Waals surface area contributed by atoms with E-state index in [-0.39, 0.29) is 25.2 Å². The highest BCUT2D eigenvalue weighted by Gasteiger charge is 2.33. The Morgan fingerprint density at radius 2 is 2.05 bits per heavy atom. The second-order valence-corrected chi connectivity index (χ2v) is 5.20. The summed E-state index contributed by atoms with van der Waals surface area (Å²) in [5.74, 6) is -1.05. The standard InChI is InChI=1S/C15H20N2O4/c1-10-3-5-12(6-4-10)11(2)16-15(20)17-7-8-21-9-13(17)14(18)19/h3-6,11,13H,7-9H2,1-2H3,(H,16,20)(H,18,19). The molecule has 2 atom stereocenters. The lowest BCUT2D eigenvalue weighted by atomic mass is 10.1. The van der Waals surface area contributed by atoms with Crippen molar-refractivity contribution in [3.8, 4) is 0 Å². The Bertz CT molecular complexity index is 515. The first-order valence-corrected chi connectivity index (χ1v) is 6.93. The number of nitrogens with one attached hydrogen (secondary N) is 1. The molecule has 0 bridgehead atoms. The third kappa shape index (κ3) is 3.72. The topological polar surface area (TPSA) is 78.9 Å². The summed E-state index contributed by atoms with van der Waals surface area (Å²) in [5, 5.41) is 12.0. The van der Waals surface area contributed by atoms with E-state index in [9.17, 15) is 9.59 Å². The summed E-state index contributed by atoms with van der Waals surface area (Å²) in [4.78, 5) is 24.7. The molecule has 1 aliphatic rings. The zero-order chi connectivity index (χ0) is 15.4. The minimum Gasteiger partial charge on any atom is -0.480 e. The number of morpholine rings is 1. The largest absolute Gasteiger partial charge is 0.480 e. The van der Waals surface area contributed by atoms with E-state index in [1.54, 1.807) is 0 Å². The number of ether oxygens (including phenoxy) is 1. The molecule has 2 rings (SSSR count). The molecule has 1 saturated heterocycles. The Morgan fingerprint density at radius 3 is 2.67 bits per heavy atom. The van der Waals surface area contributed by atoms with Crippen LogP contribution in [0.2, 0.25) is 0 Å². The summed E-state index contributed by atoms with van der Waals surface area (Å²) in [6.07, 6.45) is 0. The summed E-state index contributed by atoms with van der Waals surface area (Å²) in [7, 11) is 0. The molecule has 0 radical (unpaired) electrons. The molecule has 2 amide bonds. The van der Waals surface area contributed by atoms with E-state index in [1.807, 2.05) is 38.1 Å². The van der Waals surface area contributed by atoms with Crippen LogP contribution in [-0.2, 0) is 9.53 Å². The number of amides is 2. The number of carbonyl (C=O) groups excluding carboxylic acids is 1. The number of aliphatic carboxylic acids is 1. The van der Waals surface area contributed by atoms with Crippen molar-refractivity contribution in [2.45, 2.75) is 25.9 Å². The van der Waals surface area contributed by atoms with Gasteiger partial charge in [0.1, 0.15) is 0 Å². The predicted molar refractivity (Wildman–Crippen MR) is 77.1 cm³/mol. The molecule has 1 aliphatic heterocycles. The molecule has 1 fully saturated rings. The number of hydrogen-bond donors (Lipinski definition) is 2. The van der Waals surface area contributed by atoms with E-state index in [0.29, 0.717) is 6.61 Å². The highest BCUT2D eigenvalue weighted by atomic mass is 16.5. The highest BCUT2D eigenvalue weighted by Crippen LogP contribution is 2.15. The van der Waals surface area contributed by atoms with Crippen LogP contribution in [0.15, 0.2) is 24.3 Å². The fourth-order valence-electron chi connectivity index (χ4n) is 2.26. The van der Waals surface area contributed by atoms with E-state index in [0.717, 1.165) is 11.1 Å². The number of nitrogens with zero attached hydrogens (tertiary/aromatic N) is 1. The molecule has 0 aliphatic carbocycles. The minimum absolute atomic E-state index is 0.0294. The van der Waals surface area contributed by atoms with Crippen molar-refractivity contribution in [1.29, 1.82) is 0 Å². The molecule has 1 heterocycles. The summed E-state index contributed by atoms with van der Waals surface area (Å²) in [6, 6.07) is 6.38. The van der Waals surface area contributed by atoms with Crippen LogP contribution in [0.3, 0.4) is 0 Å². The second-order valence-electron chi connectivity index (χ2n) is 5.20. The zero-order valence-corrected chi connectivity index (χ0v) is 12.2. The van der Waals surface area contributed by atoms with Crippen LogP contribution in [-0.4, -0.2) is 47.8 Å². The van der Waals surface area contributed by atoms with Crippen molar-refractivity contribution in [1.82, 2.24) is 10.2 Å². The molecule has 0 aromatic heterocycles. The van der Waals surface area contributed by atoms with Crippen LogP contribution in [0.1, 0.15) is 24.1 Å². The van der Waals surface area contributed by atoms with Crippen molar-refractivity contribution in [3.05, 3.63) is 35.4 Å². The lowest BCUT2D eigenvalue weighted by Crippen LogP contribution is -2.55. The second kappa shape index (κ2) is 6.58. The van der Waals surface area contributed by atoms with Crippen molar-refractivity contribution in [2.24, 2.45) is 0 Å². The monoisotopic (exact) mass is 292 g/mol. The number of hydrogen-bond acceptors (Lipinski definition) is 3. The van der Waals surface area contributed by atoms with Gasteiger partial charge in [-0.3, -0.25) is 0 Å². The molecule has 1 aromatic rings. The molecule has 2 N–H and O–H groups in total. The van der Waals surface area contributed by atoms with Crippen LogP contribution >= 0.6 is 0 Å². The van der Waals surface area contributed by atoms with Crippen molar-refractivity contribution in [2.75, 3.05) is 19.8 Å². The molecule has 2 unspecified atom stereocenters. The van der Waals surface area contributed by atoms with E-state index in [2.05, 4.69) is 5.32 Å². The maximum Gasteiger partial charge on any atom is 0.328 e. The SMILES string of the molecule is Cc1ccc(C(C)NC(=O)N2CCOCC2C(=O)O)cc1. The summed E-state index contributed by atoms with van der Waals surface area (Å²) in [6.45, 7) is 4.54. The van der Waals surface area contributed by atoms with Crippen LogP contribution in [0.5, 0.6) is 0 Å². The van der Waals surface area contributed by atoms with Gasteiger partial charge in [-0.2, -0.15) is 0 Å². The van der Waals surface area contributed by atoms with Gasteiger partial charge in [-0.15, -0.1) is 0 Å². The van der Waals surface area contributed by atoms with Gasteiger partial charge in [0.15, 0.2) is 6.04 Å². The zero-order valence-electron chi connectivity index (χ0n) is 12.2. The predicted octanol–water partition coefficient (Wildman–Crippen LogP) is 1.55. The molecule has 6 heteroatoms. The molecule has 0 spiro atoms. The molecule has 21 heavy (non-hydrogen) atoms. The van der Waals surface area contributed by atoms with Gasteiger partial charge in [0, 0.05) is 6.54 Å². The Kier molecular flexibility index (Phi) is 4.80. The molecule has 1 aromatic carbocycles. The first kappa shape index (κ1) is 15.3. The van der Waals surface area contributed by atoms with E-state index < -0.39 is 12.0 Å². The smallest absolute Gasteiger partial charge is 0.328 e. The normalized spacial score (nSPS) is 19.9. The van der Waals surface area contributed by atoms with Gasteiger partial charge in [0.2, 0.25) is 0 Å². The van der Waals surface area contributed by atoms with Crippen molar-refractivity contribution < 1.29 is 19.4 Å². The molecule has 6 nitrogen and oxygen atoms in total. The fourth-order valence-corrected chi connectivity index (χ4v) is 2.26. The van der Waals surface area contributed by atoms with Gasteiger partial charge >= 0.3 is 12.0 Å². The Balaban J connectivity index is 2.02. The van der Waals surface area contributed by atoms with Gasteiger partial charge < -0.3 is 20.1 Å². The van der Waals surface area contributed by atoms with E-state index >= 15 is 0 Å². The summed E-state index contributed by atoms with van der Waals surface area (Å²) < 4.78 is 5.12. The molecule has 0 saturated carbocycles. The Labute approximate surface area is 123 Å². The van der Waals surface area contributed by atoms with E-state index in [4.69, 9.17) is 9.84 Å². The lowest BCUT2D eigenvalue weighted by Gasteiger charge is -2.33. The van der Waals surface area contributed by atoms with Gasteiger partial charge in [-0.05, 0) is 19.4 Å². The third-order valence-electron chi connectivity index (χ3n) is 3.59. The molecular formula is C15H20N2O4.